The van der Waals surface area contributed by atoms with Gasteiger partial charge in [-0.15, -0.1) is 0 Å². The maximum atomic E-state index is 12.8. The number of rotatable bonds is 3. The molecule has 2 atom stereocenters. The molecule has 0 saturated carbocycles. The lowest BCUT2D eigenvalue weighted by atomic mass is 9.98. The van der Waals surface area contributed by atoms with Gasteiger partial charge in [0.15, 0.2) is 0 Å². The molecule has 5 rings (SSSR count). The molecule has 2 amide bonds. The number of benzene rings is 1. The smallest absolute Gasteiger partial charge is 0.321 e. The van der Waals surface area contributed by atoms with Crippen LogP contribution in [-0.2, 0) is 12.8 Å². The number of amides is 2. The van der Waals surface area contributed by atoms with E-state index >= 15 is 0 Å². The van der Waals surface area contributed by atoms with Crippen molar-refractivity contribution in [2.45, 2.75) is 32.1 Å². The molecule has 148 valence electrons. The molecule has 0 unspecified atom stereocenters. The first-order valence-electron chi connectivity index (χ1n) is 10.1. The van der Waals surface area contributed by atoms with E-state index < -0.39 is 0 Å². The van der Waals surface area contributed by atoms with Crippen molar-refractivity contribution in [1.29, 1.82) is 0 Å². The van der Waals surface area contributed by atoms with Crippen LogP contribution in [0.2, 0.25) is 0 Å². The number of hydrogen-bond acceptors (Lipinski definition) is 5. The highest BCUT2D eigenvalue weighted by Crippen LogP contribution is 2.33. The number of nitrogens with one attached hydrogen (secondary N) is 1. The van der Waals surface area contributed by atoms with Crippen molar-refractivity contribution in [2.24, 2.45) is 5.92 Å². The van der Waals surface area contributed by atoms with Gasteiger partial charge in [0, 0.05) is 36.7 Å². The van der Waals surface area contributed by atoms with Crippen LogP contribution in [0.4, 0.5) is 10.5 Å². The summed E-state index contributed by atoms with van der Waals surface area (Å²) in [5.41, 5.74) is 4.49. The molecule has 3 aromatic rings. The molecule has 0 radical (unpaired) electrons. The van der Waals surface area contributed by atoms with Gasteiger partial charge in [0.05, 0.1) is 5.92 Å². The zero-order valence-corrected chi connectivity index (χ0v) is 16.3. The molecule has 1 aliphatic carbocycles. The third kappa shape index (κ3) is 3.48. The van der Waals surface area contributed by atoms with Gasteiger partial charge in [-0.3, -0.25) is 4.98 Å². The average molecular weight is 389 g/mol. The maximum absolute atomic E-state index is 12.8. The van der Waals surface area contributed by atoms with Gasteiger partial charge in [0.2, 0.25) is 11.7 Å². The van der Waals surface area contributed by atoms with Crippen molar-refractivity contribution in [1.82, 2.24) is 20.0 Å². The fourth-order valence-corrected chi connectivity index (χ4v) is 4.31. The summed E-state index contributed by atoms with van der Waals surface area (Å²) in [6.45, 7) is 3.34. The van der Waals surface area contributed by atoms with Crippen LogP contribution in [0.3, 0.4) is 0 Å². The number of carbonyl (C=O) groups is 1. The molecule has 0 bridgehead atoms. The number of pyridine rings is 1. The molecule has 1 N–H and O–H groups in total. The second-order valence-corrected chi connectivity index (χ2v) is 7.95. The Bertz CT molecular complexity index is 1030. The van der Waals surface area contributed by atoms with E-state index in [1.165, 1.54) is 17.5 Å². The third-order valence-corrected chi connectivity index (χ3v) is 5.95. The maximum Gasteiger partial charge on any atom is 0.321 e. The first-order chi connectivity index (χ1) is 14.2. The zero-order chi connectivity index (χ0) is 19.8. The third-order valence-electron chi connectivity index (χ3n) is 5.95. The summed E-state index contributed by atoms with van der Waals surface area (Å²) in [6.07, 6.45) is 6.84. The molecule has 7 heteroatoms. The Hall–Kier alpha value is -3.22. The van der Waals surface area contributed by atoms with Gasteiger partial charge in [-0.25, -0.2) is 4.79 Å². The van der Waals surface area contributed by atoms with E-state index in [1.54, 1.807) is 12.4 Å². The minimum absolute atomic E-state index is 0.0313. The van der Waals surface area contributed by atoms with Crippen LogP contribution in [0.25, 0.3) is 11.4 Å². The number of urea groups is 1. The molecular weight excluding hydrogens is 366 g/mol. The van der Waals surface area contributed by atoms with E-state index in [9.17, 15) is 4.79 Å². The summed E-state index contributed by atoms with van der Waals surface area (Å²) in [7, 11) is 0. The van der Waals surface area contributed by atoms with Gasteiger partial charge in [0.25, 0.3) is 0 Å². The lowest BCUT2D eigenvalue weighted by Crippen LogP contribution is -2.33. The molecule has 0 spiro atoms. The van der Waals surface area contributed by atoms with Gasteiger partial charge >= 0.3 is 6.03 Å². The summed E-state index contributed by atoms with van der Waals surface area (Å²) >= 11 is 0. The monoisotopic (exact) mass is 389 g/mol. The highest BCUT2D eigenvalue weighted by molar-refractivity contribution is 5.89. The Labute approximate surface area is 169 Å². The molecular formula is C22H23N5O2. The lowest BCUT2D eigenvalue weighted by Gasteiger charge is -2.17. The minimum atomic E-state index is -0.0776. The normalized spacial score (nSPS) is 20.7. The van der Waals surface area contributed by atoms with Gasteiger partial charge in [-0.2, -0.15) is 4.98 Å². The number of carbonyl (C=O) groups excluding carboxylic acids is 1. The van der Waals surface area contributed by atoms with Gasteiger partial charge in [0.1, 0.15) is 0 Å². The summed E-state index contributed by atoms with van der Waals surface area (Å²) < 4.78 is 5.53. The molecule has 2 aliphatic rings. The fourth-order valence-electron chi connectivity index (χ4n) is 4.31. The first kappa shape index (κ1) is 17.8. The van der Waals surface area contributed by atoms with Crippen LogP contribution >= 0.6 is 0 Å². The first-order valence-corrected chi connectivity index (χ1v) is 10.1. The van der Waals surface area contributed by atoms with Crippen LogP contribution in [0.5, 0.6) is 0 Å². The SMILES string of the molecule is C[C@H]1CN(C(=O)Nc2ccc3c(c2)CCC3)C[C@@H]1c1nc(-c2ccncc2)no1. The largest absolute Gasteiger partial charge is 0.339 e. The Morgan fingerprint density at radius 2 is 1.97 bits per heavy atom. The predicted octanol–water partition coefficient (Wildman–Crippen LogP) is 3.89. The fraction of sp³-hybridized carbons (Fsp3) is 0.364. The molecule has 2 aromatic heterocycles. The van der Waals surface area contributed by atoms with Crippen LogP contribution in [0, 0.1) is 5.92 Å². The predicted molar refractivity (Wildman–Crippen MR) is 108 cm³/mol. The van der Waals surface area contributed by atoms with Crippen LogP contribution in [0.1, 0.15) is 36.3 Å². The van der Waals surface area contributed by atoms with Crippen molar-refractivity contribution >= 4 is 11.7 Å². The van der Waals surface area contributed by atoms with E-state index in [2.05, 4.69) is 39.5 Å². The molecule has 1 aromatic carbocycles. The van der Waals surface area contributed by atoms with E-state index in [0.29, 0.717) is 24.8 Å². The standard InChI is InChI=1S/C22H23N5O2/c1-14-12-27(22(28)24-18-6-5-15-3-2-4-17(15)11-18)13-19(14)21-25-20(26-29-21)16-7-9-23-10-8-16/h5-11,14,19H,2-4,12-13H2,1H3,(H,24,28)/t14-,19-/m0/s1. The van der Waals surface area contributed by atoms with Gasteiger partial charge in [-0.1, -0.05) is 18.1 Å². The quantitative estimate of drug-likeness (QED) is 0.735. The van der Waals surface area contributed by atoms with Crippen LogP contribution in [-0.4, -0.2) is 39.1 Å². The highest BCUT2D eigenvalue weighted by atomic mass is 16.5. The Balaban J connectivity index is 1.27. The van der Waals surface area contributed by atoms with Gasteiger partial charge in [-0.05, 0) is 60.6 Å². The number of aryl methyl sites for hydroxylation is 2. The van der Waals surface area contributed by atoms with Crippen molar-refractivity contribution < 1.29 is 9.32 Å². The van der Waals surface area contributed by atoms with Crippen LogP contribution in [0.15, 0.2) is 47.2 Å². The molecule has 3 heterocycles. The van der Waals surface area contributed by atoms with Gasteiger partial charge < -0.3 is 14.7 Å². The Kier molecular flexibility index (Phi) is 4.50. The van der Waals surface area contributed by atoms with Crippen molar-refractivity contribution in [3.05, 3.63) is 59.7 Å². The number of aromatic nitrogens is 3. The number of nitrogens with zero attached hydrogens (tertiary/aromatic N) is 4. The number of fused-ring (bicyclic) bond motifs is 1. The average Bonchev–Trinajstić information content (AvgIpc) is 3.47. The number of likely N-dealkylation sites (tertiary alicyclic amines) is 1. The van der Waals surface area contributed by atoms with E-state index in [4.69, 9.17) is 4.52 Å². The Morgan fingerprint density at radius 1 is 1.14 bits per heavy atom. The molecule has 1 fully saturated rings. The van der Waals surface area contributed by atoms with Crippen molar-refractivity contribution in [3.8, 4) is 11.4 Å². The van der Waals surface area contributed by atoms with Crippen LogP contribution < -0.4 is 5.32 Å². The molecule has 1 aliphatic heterocycles. The summed E-state index contributed by atoms with van der Waals surface area (Å²) in [5, 5.41) is 7.15. The molecule has 7 nitrogen and oxygen atoms in total. The van der Waals surface area contributed by atoms with E-state index in [1.807, 2.05) is 23.1 Å². The van der Waals surface area contributed by atoms with Crippen molar-refractivity contribution in [3.63, 3.8) is 0 Å². The highest BCUT2D eigenvalue weighted by Gasteiger charge is 2.37. The zero-order valence-electron chi connectivity index (χ0n) is 16.3. The second kappa shape index (κ2) is 7.31. The molecule has 29 heavy (non-hydrogen) atoms. The van der Waals surface area contributed by atoms with E-state index in [0.717, 1.165) is 24.1 Å². The van der Waals surface area contributed by atoms with E-state index in [-0.39, 0.29) is 17.9 Å². The number of anilines is 1. The summed E-state index contributed by atoms with van der Waals surface area (Å²) in [6, 6.07) is 9.86. The summed E-state index contributed by atoms with van der Waals surface area (Å²) in [4.78, 5) is 23.2. The lowest BCUT2D eigenvalue weighted by molar-refractivity contribution is 0.220. The second-order valence-electron chi connectivity index (χ2n) is 7.95. The summed E-state index contributed by atoms with van der Waals surface area (Å²) in [5.74, 6) is 1.41. The Morgan fingerprint density at radius 3 is 2.83 bits per heavy atom. The number of hydrogen-bond donors (Lipinski definition) is 1. The minimum Gasteiger partial charge on any atom is -0.339 e. The van der Waals surface area contributed by atoms with Crippen molar-refractivity contribution in [2.75, 3.05) is 18.4 Å². The molecule has 1 saturated heterocycles. The topological polar surface area (TPSA) is 84.2 Å².